The zero-order valence-corrected chi connectivity index (χ0v) is 15.7. The van der Waals surface area contributed by atoms with Gasteiger partial charge in [-0.05, 0) is 41.6 Å². The molecule has 2 N–H and O–H groups in total. The number of hydrogen-bond acceptors (Lipinski definition) is 4. The van der Waals surface area contributed by atoms with Crippen LogP contribution in [0.3, 0.4) is 0 Å². The van der Waals surface area contributed by atoms with E-state index >= 15 is 0 Å². The summed E-state index contributed by atoms with van der Waals surface area (Å²) in [7, 11) is 0. The van der Waals surface area contributed by atoms with E-state index in [-0.39, 0.29) is 11.5 Å². The lowest BCUT2D eigenvalue weighted by atomic mass is 10.0. The number of halogens is 1. The second-order valence-electron chi connectivity index (χ2n) is 5.05. The van der Waals surface area contributed by atoms with Gasteiger partial charge in [-0.3, -0.25) is 4.79 Å². The Morgan fingerprint density at radius 2 is 1.83 bits per heavy atom. The number of benzene rings is 1. The highest BCUT2D eigenvalue weighted by molar-refractivity contribution is 9.10. The Balaban J connectivity index is 1.98. The summed E-state index contributed by atoms with van der Waals surface area (Å²) in [5.74, 6) is -1.35. The molecular formula is C17H12BrNO3S2. The van der Waals surface area contributed by atoms with Gasteiger partial charge in [0.15, 0.2) is 0 Å². The molecule has 0 bridgehead atoms. The number of rotatable bonds is 4. The minimum atomic E-state index is -1.06. The molecule has 1 amide bonds. The minimum Gasteiger partial charge on any atom is -0.478 e. The van der Waals surface area contributed by atoms with Gasteiger partial charge in [-0.1, -0.05) is 28.1 Å². The van der Waals surface area contributed by atoms with E-state index in [0.29, 0.717) is 15.4 Å². The molecule has 7 heteroatoms. The zero-order valence-electron chi connectivity index (χ0n) is 12.5. The van der Waals surface area contributed by atoms with E-state index in [4.69, 9.17) is 0 Å². The first-order chi connectivity index (χ1) is 11.5. The Hall–Kier alpha value is -1.96. The monoisotopic (exact) mass is 421 g/mol. The summed E-state index contributed by atoms with van der Waals surface area (Å²) >= 11 is 5.91. The molecule has 3 rings (SSSR count). The maximum atomic E-state index is 12.4. The van der Waals surface area contributed by atoms with Crippen LogP contribution in [0.15, 0.2) is 45.6 Å². The van der Waals surface area contributed by atoms with E-state index in [2.05, 4.69) is 21.2 Å². The summed E-state index contributed by atoms with van der Waals surface area (Å²) < 4.78 is 0.917. The standard InChI is InChI=1S/C17H12BrNO3S2/c1-9-6-7-23-14(9)15(20)19-16-13(17(21)22)12(8-24-16)10-2-4-11(18)5-3-10/h2-8H,1H3,(H,19,20)(H,21,22). The Morgan fingerprint density at radius 1 is 1.12 bits per heavy atom. The fraction of sp³-hybridized carbons (Fsp3) is 0.0588. The van der Waals surface area contributed by atoms with Crippen LogP contribution >= 0.6 is 38.6 Å². The lowest BCUT2D eigenvalue weighted by Gasteiger charge is -2.06. The van der Waals surface area contributed by atoms with E-state index in [0.717, 1.165) is 15.6 Å². The van der Waals surface area contributed by atoms with Crippen LogP contribution in [0.2, 0.25) is 0 Å². The van der Waals surface area contributed by atoms with Gasteiger partial charge in [-0.15, -0.1) is 22.7 Å². The summed E-state index contributed by atoms with van der Waals surface area (Å²) in [5, 5.41) is 16.3. The van der Waals surface area contributed by atoms with Crippen molar-refractivity contribution in [2.75, 3.05) is 5.32 Å². The number of carbonyl (C=O) groups is 2. The maximum Gasteiger partial charge on any atom is 0.339 e. The average molecular weight is 422 g/mol. The maximum absolute atomic E-state index is 12.4. The fourth-order valence-corrected chi connectivity index (χ4v) is 4.31. The number of anilines is 1. The molecule has 2 aromatic heterocycles. The van der Waals surface area contributed by atoms with Crippen molar-refractivity contribution in [2.45, 2.75) is 6.92 Å². The van der Waals surface area contributed by atoms with E-state index in [1.165, 1.54) is 22.7 Å². The first kappa shape index (κ1) is 16.9. The summed E-state index contributed by atoms with van der Waals surface area (Å²) in [5.41, 5.74) is 2.38. The Labute approximate surface area is 154 Å². The van der Waals surface area contributed by atoms with E-state index in [1.807, 2.05) is 42.6 Å². The van der Waals surface area contributed by atoms with Crippen LogP contribution in [-0.2, 0) is 0 Å². The molecule has 0 atom stereocenters. The number of aryl methyl sites for hydroxylation is 1. The Bertz CT molecular complexity index is 912. The summed E-state index contributed by atoms with van der Waals surface area (Å²) in [6.07, 6.45) is 0. The smallest absolute Gasteiger partial charge is 0.339 e. The van der Waals surface area contributed by atoms with Crippen molar-refractivity contribution in [3.63, 3.8) is 0 Å². The number of carboxylic acid groups (broad SMARTS) is 1. The molecule has 4 nitrogen and oxygen atoms in total. The van der Waals surface area contributed by atoms with Crippen LogP contribution in [0, 0.1) is 6.92 Å². The molecule has 3 aromatic rings. The highest BCUT2D eigenvalue weighted by Gasteiger charge is 2.22. The summed E-state index contributed by atoms with van der Waals surface area (Å²) in [6, 6.07) is 9.25. The number of aromatic carboxylic acids is 1. The molecule has 0 fully saturated rings. The molecule has 0 unspecified atom stereocenters. The predicted molar refractivity (Wildman–Crippen MR) is 101 cm³/mol. The van der Waals surface area contributed by atoms with Crippen molar-refractivity contribution in [3.05, 3.63) is 61.6 Å². The van der Waals surface area contributed by atoms with Crippen molar-refractivity contribution in [3.8, 4) is 11.1 Å². The summed E-state index contributed by atoms with van der Waals surface area (Å²) in [4.78, 5) is 24.7. The molecule has 0 aliphatic heterocycles. The number of hydrogen-bond donors (Lipinski definition) is 2. The van der Waals surface area contributed by atoms with E-state index in [9.17, 15) is 14.7 Å². The molecule has 0 aliphatic rings. The molecule has 0 spiro atoms. The van der Waals surface area contributed by atoms with Gasteiger partial charge in [0, 0.05) is 15.4 Å². The Kier molecular flexibility index (Phi) is 4.84. The third-order valence-corrected chi connectivity index (χ3v) is 5.89. The second kappa shape index (κ2) is 6.88. The lowest BCUT2D eigenvalue weighted by Crippen LogP contribution is -2.13. The second-order valence-corrected chi connectivity index (χ2v) is 7.76. The molecular weight excluding hydrogens is 410 g/mol. The number of carbonyl (C=O) groups excluding carboxylic acids is 1. The molecule has 24 heavy (non-hydrogen) atoms. The van der Waals surface area contributed by atoms with Crippen molar-refractivity contribution < 1.29 is 14.7 Å². The van der Waals surface area contributed by atoms with Gasteiger partial charge in [-0.25, -0.2) is 4.79 Å². The van der Waals surface area contributed by atoms with Crippen molar-refractivity contribution in [2.24, 2.45) is 0 Å². The van der Waals surface area contributed by atoms with Crippen molar-refractivity contribution >= 4 is 55.5 Å². The molecule has 0 saturated heterocycles. The predicted octanol–water partition coefficient (Wildman–Crippen LogP) is 5.50. The SMILES string of the molecule is Cc1ccsc1C(=O)Nc1scc(-c2ccc(Br)cc2)c1C(=O)O. The molecule has 0 radical (unpaired) electrons. The van der Waals surface area contributed by atoms with Crippen LogP contribution in [-0.4, -0.2) is 17.0 Å². The minimum absolute atomic E-state index is 0.116. The number of amides is 1. The molecule has 1 aromatic carbocycles. The van der Waals surface area contributed by atoms with Crippen molar-refractivity contribution in [1.29, 1.82) is 0 Å². The van der Waals surface area contributed by atoms with Gasteiger partial charge in [0.2, 0.25) is 0 Å². The van der Waals surface area contributed by atoms with Gasteiger partial charge < -0.3 is 10.4 Å². The van der Waals surface area contributed by atoms with Crippen LogP contribution in [0.4, 0.5) is 5.00 Å². The Morgan fingerprint density at radius 3 is 2.42 bits per heavy atom. The largest absolute Gasteiger partial charge is 0.478 e. The summed E-state index contributed by atoms with van der Waals surface area (Å²) in [6.45, 7) is 1.85. The van der Waals surface area contributed by atoms with E-state index in [1.54, 1.807) is 5.38 Å². The third kappa shape index (κ3) is 3.28. The highest BCUT2D eigenvalue weighted by atomic mass is 79.9. The van der Waals surface area contributed by atoms with Crippen LogP contribution in [0.25, 0.3) is 11.1 Å². The topological polar surface area (TPSA) is 66.4 Å². The van der Waals surface area contributed by atoms with Crippen molar-refractivity contribution in [1.82, 2.24) is 0 Å². The quantitative estimate of drug-likeness (QED) is 0.584. The van der Waals surface area contributed by atoms with Gasteiger partial charge >= 0.3 is 5.97 Å². The highest BCUT2D eigenvalue weighted by Crippen LogP contribution is 2.36. The molecule has 0 saturated carbocycles. The fourth-order valence-electron chi connectivity index (χ4n) is 2.27. The van der Waals surface area contributed by atoms with Gasteiger partial charge in [0.1, 0.15) is 10.6 Å². The molecule has 0 aliphatic carbocycles. The van der Waals surface area contributed by atoms with Gasteiger partial charge in [0.25, 0.3) is 5.91 Å². The van der Waals surface area contributed by atoms with Crippen LogP contribution in [0.5, 0.6) is 0 Å². The van der Waals surface area contributed by atoms with Crippen LogP contribution < -0.4 is 5.32 Å². The first-order valence-corrected chi connectivity index (χ1v) is 9.48. The number of thiophene rings is 2. The lowest BCUT2D eigenvalue weighted by molar-refractivity contribution is 0.0699. The van der Waals surface area contributed by atoms with Gasteiger partial charge in [-0.2, -0.15) is 0 Å². The average Bonchev–Trinajstić information content (AvgIpc) is 3.14. The zero-order chi connectivity index (χ0) is 17.3. The molecule has 122 valence electrons. The normalized spacial score (nSPS) is 10.6. The van der Waals surface area contributed by atoms with E-state index < -0.39 is 5.97 Å². The molecule has 2 heterocycles. The number of carboxylic acids is 1. The van der Waals surface area contributed by atoms with Gasteiger partial charge in [0.05, 0.1) is 4.88 Å². The number of nitrogens with one attached hydrogen (secondary N) is 1. The first-order valence-electron chi connectivity index (χ1n) is 6.93. The third-order valence-electron chi connectivity index (χ3n) is 3.46. The van der Waals surface area contributed by atoms with Crippen LogP contribution in [0.1, 0.15) is 25.6 Å².